The van der Waals surface area contributed by atoms with Crippen LogP contribution in [-0.2, 0) is 21.4 Å². The van der Waals surface area contributed by atoms with Gasteiger partial charge in [0.25, 0.3) is 10.0 Å². The van der Waals surface area contributed by atoms with E-state index < -0.39 is 16.0 Å². The number of hydrogen-bond acceptors (Lipinski definition) is 6. The molecule has 1 heterocycles. The third kappa shape index (κ3) is 4.94. The average Bonchev–Trinajstić information content (AvgIpc) is 3.32. The molecule has 0 spiro atoms. The van der Waals surface area contributed by atoms with Gasteiger partial charge >= 0.3 is 5.97 Å². The van der Waals surface area contributed by atoms with Crippen molar-refractivity contribution in [3.63, 3.8) is 0 Å². The van der Waals surface area contributed by atoms with Gasteiger partial charge in [0.2, 0.25) is 0 Å². The molecule has 4 aromatic carbocycles. The SMILES string of the molecule is CCOC(=O)c1c(-c2ccccc2C=O)c2cc(OCc3ccccc3)ccc2n1S(=O)(=O)c1ccccc1. The summed E-state index contributed by atoms with van der Waals surface area (Å²) in [7, 11) is -4.25. The van der Waals surface area contributed by atoms with E-state index in [1.807, 2.05) is 30.3 Å². The first-order valence-electron chi connectivity index (χ1n) is 12.3. The summed E-state index contributed by atoms with van der Waals surface area (Å²) in [6.07, 6.45) is 0.675. The molecule has 0 bridgehead atoms. The van der Waals surface area contributed by atoms with Crippen LogP contribution in [0.3, 0.4) is 0 Å². The van der Waals surface area contributed by atoms with Crippen LogP contribution in [0.4, 0.5) is 0 Å². The molecule has 0 amide bonds. The molecular weight excluding hydrogens is 514 g/mol. The average molecular weight is 540 g/mol. The van der Waals surface area contributed by atoms with E-state index in [1.165, 1.54) is 12.1 Å². The maximum Gasteiger partial charge on any atom is 0.356 e. The zero-order chi connectivity index (χ0) is 27.4. The molecule has 0 fully saturated rings. The van der Waals surface area contributed by atoms with Crippen molar-refractivity contribution in [2.45, 2.75) is 18.4 Å². The highest BCUT2D eigenvalue weighted by molar-refractivity contribution is 7.90. The van der Waals surface area contributed by atoms with Gasteiger partial charge in [0.1, 0.15) is 12.4 Å². The summed E-state index contributed by atoms with van der Waals surface area (Å²) in [4.78, 5) is 25.5. The monoisotopic (exact) mass is 539 g/mol. The highest BCUT2D eigenvalue weighted by atomic mass is 32.2. The lowest BCUT2D eigenvalue weighted by atomic mass is 9.97. The van der Waals surface area contributed by atoms with Crippen molar-refractivity contribution in [3.8, 4) is 16.9 Å². The number of aromatic nitrogens is 1. The van der Waals surface area contributed by atoms with Crippen LogP contribution in [-0.4, -0.2) is 31.3 Å². The van der Waals surface area contributed by atoms with Gasteiger partial charge in [0.15, 0.2) is 12.0 Å². The number of fused-ring (bicyclic) bond motifs is 1. The quantitative estimate of drug-likeness (QED) is 0.166. The van der Waals surface area contributed by atoms with Gasteiger partial charge in [0.05, 0.1) is 17.0 Å². The minimum atomic E-state index is -4.25. The number of rotatable bonds is 9. The molecule has 0 saturated heterocycles. The first kappa shape index (κ1) is 25.9. The highest BCUT2D eigenvalue weighted by Gasteiger charge is 2.33. The van der Waals surface area contributed by atoms with Gasteiger partial charge in [-0.1, -0.05) is 72.8 Å². The number of hydrogen-bond donors (Lipinski definition) is 0. The molecule has 0 saturated carbocycles. The Morgan fingerprint density at radius 2 is 1.54 bits per heavy atom. The lowest BCUT2D eigenvalue weighted by Crippen LogP contribution is -2.20. The van der Waals surface area contributed by atoms with E-state index in [2.05, 4.69) is 0 Å². The number of carbonyl (C=O) groups excluding carboxylic acids is 2. The van der Waals surface area contributed by atoms with Crippen LogP contribution in [0.25, 0.3) is 22.0 Å². The van der Waals surface area contributed by atoms with Crippen molar-refractivity contribution in [2.75, 3.05) is 6.61 Å². The van der Waals surface area contributed by atoms with Gasteiger partial charge in [-0.15, -0.1) is 0 Å². The lowest BCUT2D eigenvalue weighted by Gasteiger charge is -2.13. The van der Waals surface area contributed by atoms with Crippen molar-refractivity contribution in [2.24, 2.45) is 0 Å². The Morgan fingerprint density at radius 1 is 0.872 bits per heavy atom. The fraction of sp³-hybridized carbons (Fsp3) is 0.0968. The second kappa shape index (κ2) is 11.0. The first-order valence-corrected chi connectivity index (χ1v) is 13.8. The van der Waals surface area contributed by atoms with Crippen LogP contribution in [0, 0.1) is 0 Å². The molecule has 7 nitrogen and oxygen atoms in total. The Balaban J connectivity index is 1.82. The van der Waals surface area contributed by atoms with E-state index in [0.29, 0.717) is 35.2 Å². The standard InChI is InChI=1S/C31H25NO6S/c1-2-37-31(34)30-29(26-16-10-9-13-23(26)20-33)27-19-24(38-21-22-11-5-3-6-12-22)17-18-28(27)32(30)39(35,36)25-14-7-4-8-15-25/h3-20H,2,21H2,1H3. The van der Waals surface area contributed by atoms with E-state index in [1.54, 1.807) is 67.6 Å². The van der Waals surface area contributed by atoms with Crippen LogP contribution in [0.5, 0.6) is 5.75 Å². The molecule has 5 rings (SSSR count). The summed E-state index contributed by atoms with van der Waals surface area (Å²) >= 11 is 0. The van der Waals surface area contributed by atoms with E-state index in [-0.39, 0.29) is 28.3 Å². The Labute approximate surface area is 226 Å². The summed E-state index contributed by atoms with van der Waals surface area (Å²) in [5.41, 5.74) is 2.00. The predicted octanol–water partition coefficient (Wildman–Crippen LogP) is 6.11. The van der Waals surface area contributed by atoms with Crippen molar-refractivity contribution < 1.29 is 27.5 Å². The van der Waals surface area contributed by atoms with E-state index in [0.717, 1.165) is 9.54 Å². The van der Waals surface area contributed by atoms with Gasteiger partial charge in [-0.25, -0.2) is 17.2 Å². The molecule has 0 aliphatic carbocycles. The van der Waals surface area contributed by atoms with Crippen LogP contribution in [0.2, 0.25) is 0 Å². The molecule has 5 aromatic rings. The Kier molecular flexibility index (Phi) is 7.29. The summed E-state index contributed by atoms with van der Waals surface area (Å²) < 4.78 is 40.4. The Bertz CT molecular complexity index is 1760. The van der Waals surface area contributed by atoms with Crippen molar-refractivity contribution >= 4 is 33.2 Å². The van der Waals surface area contributed by atoms with Crippen molar-refractivity contribution in [1.29, 1.82) is 0 Å². The topological polar surface area (TPSA) is 91.7 Å². The molecule has 0 unspecified atom stereocenters. The molecule has 39 heavy (non-hydrogen) atoms. The number of esters is 1. The fourth-order valence-electron chi connectivity index (χ4n) is 4.50. The number of ether oxygens (including phenoxy) is 2. The van der Waals surface area contributed by atoms with Gasteiger partial charge in [-0.05, 0) is 48.4 Å². The Morgan fingerprint density at radius 3 is 2.23 bits per heavy atom. The molecule has 1 aromatic heterocycles. The van der Waals surface area contributed by atoms with Crippen molar-refractivity contribution in [1.82, 2.24) is 3.97 Å². The van der Waals surface area contributed by atoms with E-state index in [9.17, 15) is 18.0 Å². The fourth-order valence-corrected chi connectivity index (χ4v) is 6.04. The van der Waals surface area contributed by atoms with E-state index in [4.69, 9.17) is 9.47 Å². The lowest BCUT2D eigenvalue weighted by molar-refractivity contribution is 0.0519. The van der Waals surface area contributed by atoms with Crippen LogP contribution in [0.15, 0.2) is 108 Å². The molecule has 0 N–H and O–H groups in total. The van der Waals surface area contributed by atoms with Crippen molar-refractivity contribution in [3.05, 3.63) is 120 Å². The number of carbonyl (C=O) groups is 2. The van der Waals surface area contributed by atoms with Gasteiger partial charge < -0.3 is 9.47 Å². The molecular formula is C31H25NO6S. The van der Waals surface area contributed by atoms with E-state index >= 15 is 0 Å². The highest BCUT2D eigenvalue weighted by Crippen LogP contribution is 2.40. The smallest absolute Gasteiger partial charge is 0.356 e. The Hall–Kier alpha value is -4.69. The summed E-state index contributed by atoms with van der Waals surface area (Å²) in [5, 5.41) is 0.428. The van der Waals surface area contributed by atoms with Gasteiger partial charge in [-0.3, -0.25) is 4.79 Å². The maximum atomic E-state index is 14.0. The third-order valence-electron chi connectivity index (χ3n) is 6.25. The first-order chi connectivity index (χ1) is 19.0. The number of nitrogens with zero attached hydrogens (tertiary/aromatic N) is 1. The van der Waals surface area contributed by atoms with Gasteiger partial charge in [0, 0.05) is 16.5 Å². The van der Waals surface area contributed by atoms with Crippen LogP contribution in [0.1, 0.15) is 33.3 Å². The van der Waals surface area contributed by atoms with Crippen LogP contribution < -0.4 is 4.74 Å². The third-order valence-corrected chi connectivity index (χ3v) is 7.98. The molecule has 8 heteroatoms. The summed E-state index contributed by atoms with van der Waals surface area (Å²) in [6.45, 7) is 1.97. The summed E-state index contributed by atoms with van der Waals surface area (Å²) in [5.74, 6) is -0.350. The normalized spacial score (nSPS) is 11.3. The van der Waals surface area contributed by atoms with Crippen LogP contribution >= 0.6 is 0 Å². The maximum absolute atomic E-state index is 14.0. The number of benzene rings is 4. The minimum absolute atomic E-state index is 0.00655. The zero-order valence-corrected chi connectivity index (χ0v) is 21.9. The molecule has 0 atom stereocenters. The molecule has 0 aliphatic heterocycles. The summed E-state index contributed by atoms with van der Waals surface area (Å²) in [6, 6.07) is 29.1. The largest absolute Gasteiger partial charge is 0.489 e. The molecule has 0 aliphatic rings. The minimum Gasteiger partial charge on any atom is -0.489 e. The molecule has 0 radical (unpaired) electrons. The second-order valence-corrected chi connectivity index (χ2v) is 10.5. The second-order valence-electron chi connectivity index (χ2n) is 8.68. The van der Waals surface area contributed by atoms with Gasteiger partial charge in [-0.2, -0.15) is 0 Å². The number of aldehydes is 1. The zero-order valence-electron chi connectivity index (χ0n) is 21.1. The predicted molar refractivity (Wildman–Crippen MR) is 149 cm³/mol. The molecule has 196 valence electrons.